The van der Waals surface area contributed by atoms with Gasteiger partial charge in [0.1, 0.15) is 0 Å². The Bertz CT molecular complexity index is 195. The van der Waals surface area contributed by atoms with Crippen LogP contribution in [-0.2, 0) is 16.3 Å². The van der Waals surface area contributed by atoms with Crippen molar-refractivity contribution in [2.75, 3.05) is 19.7 Å². The number of nitrogens with zero attached hydrogens (tertiary/aromatic N) is 1. The van der Waals surface area contributed by atoms with Crippen LogP contribution < -0.4 is 0 Å². The molecular formula is C8H18NO2PS. The third-order valence-corrected chi connectivity index (χ3v) is 4.84. The first kappa shape index (κ1) is 11.6. The molecule has 0 saturated carbocycles. The highest BCUT2D eigenvalue weighted by Crippen LogP contribution is 2.48. The molecule has 0 amide bonds. The molecule has 5 heteroatoms. The molecule has 0 aliphatic carbocycles. The summed E-state index contributed by atoms with van der Waals surface area (Å²) in [7, 11) is 0. The molecule has 1 fully saturated rings. The van der Waals surface area contributed by atoms with E-state index in [-0.39, 0.29) is 0 Å². The Morgan fingerprint density at radius 2 is 2.08 bits per heavy atom. The molecule has 0 spiro atoms. The van der Waals surface area contributed by atoms with Gasteiger partial charge < -0.3 is 9.42 Å². The lowest BCUT2D eigenvalue weighted by molar-refractivity contribution is 0.259. The standard InChI is InChI=1S/C8H18NO2PS/c1-2-3-8-11-12(10,13)9-6-4-5-7-9/h2-8H2,1H3,(H,10,13). The molecule has 0 aromatic rings. The molecule has 1 atom stereocenters. The molecule has 1 aliphatic heterocycles. The number of hydrogen-bond donors (Lipinski definition) is 1. The van der Waals surface area contributed by atoms with E-state index in [1.54, 1.807) is 0 Å². The molecule has 13 heavy (non-hydrogen) atoms. The molecule has 0 aromatic carbocycles. The zero-order valence-electron chi connectivity index (χ0n) is 8.11. The topological polar surface area (TPSA) is 32.7 Å². The van der Waals surface area contributed by atoms with Crippen molar-refractivity contribution in [1.29, 1.82) is 0 Å². The Kier molecular flexibility index (Phi) is 4.84. The van der Waals surface area contributed by atoms with Crippen LogP contribution in [0, 0.1) is 0 Å². The molecule has 0 radical (unpaired) electrons. The molecule has 1 unspecified atom stereocenters. The molecule has 78 valence electrons. The molecule has 0 aromatic heterocycles. The lowest BCUT2D eigenvalue weighted by Crippen LogP contribution is -2.17. The van der Waals surface area contributed by atoms with E-state index in [9.17, 15) is 4.89 Å². The summed E-state index contributed by atoms with van der Waals surface area (Å²) in [5, 5.41) is 0. The second kappa shape index (κ2) is 5.42. The summed E-state index contributed by atoms with van der Waals surface area (Å²) in [4.78, 5) is 9.87. The van der Waals surface area contributed by atoms with Crippen LogP contribution in [0.1, 0.15) is 32.6 Å². The molecule has 3 nitrogen and oxygen atoms in total. The summed E-state index contributed by atoms with van der Waals surface area (Å²) in [6, 6.07) is 0. The van der Waals surface area contributed by atoms with Gasteiger partial charge in [0.25, 0.3) is 6.64 Å². The molecule has 1 aliphatic rings. The predicted molar refractivity (Wildman–Crippen MR) is 58.2 cm³/mol. The van der Waals surface area contributed by atoms with Gasteiger partial charge in [-0.25, -0.2) is 4.67 Å². The van der Waals surface area contributed by atoms with E-state index >= 15 is 0 Å². The summed E-state index contributed by atoms with van der Waals surface area (Å²) in [6.45, 7) is 1.90. The highest BCUT2D eigenvalue weighted by Gasteiger charge is 2.26. The third kappa shape index (κ3) is 3.64. The van der Waals surface area contributed by atoms with Gasteiger partial charge in [-0.05, 0) is 31.1 Å². The first-order valence-electron chi connectivity index (χ1n) is 4.89. The first-order chi connectivity index (χ1) is 6.17. The van der Waals surface area contributed by atoms with E-state index in [2.05, 4.69) is 6.92 Å². The molecule has 1 rings (SSSR count). The van der Waals surface area contributed by atoms with Gasteiger partial charge in [-0.2, -0.15) is 0 Å². The summed E-state index contributed by atoms with van der Waals surface area (Å²) in [6.07, 6.45) is 4.33. The Morgan fingerprint density at radius 3 is 2.62 bits per heavy atom. The van der Waals surface area contributed by atoms with Gasteiger partial charge >= 0.3 is 0 Å². The van der Waals surface area contributed by atoms with Crippen LogP contribution in [0.5, 0.6) is 0 Å². The van der Waals surface area contributed by atoms with Crippen molar-refractivity contribution in [3.63, 3.8) is 0 Å². The van der Waals surface area contributed by atoms with Crippen LogP contribution >= 0.6 is 6.64 Å². The largest absolute Gasteiger partial charge is 0.334 e. The molecule has 1 N–H and O–H groups in total. The van der Waals surface area contributed by atoms with Crippen molar-refractivity contribution in [2.24, 2.45) is 0 Å². The molecule has 0 bridgehead atoms. The minimum absolute atomic E-state index is 0.598. The van der Waals surface area contributed by atoms with Gasteiger partial charge in [0.05, 0.1) is 6.61 Å². The average molecular weight is 223 g/mol. The lowest BCUT2D eigenvalue weighted by Gasteiger charge is -2.25. The lowest BCUT2D eigenvalue weighted by atomic mass is 10.4. The Balaban J connectivity index is 2.31. The van der Waals surface area contributed by atoms with Crippen molar-refractivity contribution < 1.29 is 9.42 Å². The Hall–Kier alpha value is 0.530. The van der Waals surface area contributed by atoms with E-state index in [0.29, 0.717) is 6.61 Å². The van der Waals surface area contributed by atoms with Crippen LogP contribution in [0.2, 0.25) is 0 Å². The molecule has 1 saturated heterocycles. The van der Waals surface area contributed by atoms with E-state index in [0.717, 1.165) is 38.8 Å². The maximum absolute atomic E-state index is 9.87. The summed E-state index contributed by atoms with van der Waals surface area (Å²) >= 11 is 5.09. The van der Waals surface area contributed by atoms with Crippen LogP contribution in [0.3, 0.4) is 0 Å². The maximum Gasteiger partial charge on any atom is 0.261 e. The second-order valence-corrected chi connectivity index (χ2v) is 6.57. The fraction of sp³-hybridized carbons (Fsp3) is 1.00. The van der Waals surface area contributed by atoms with Gasteiger partial charge in [0, 0.05) is 13.1 Å². The van der Waals surface area contributed by atoms with Crippen molar-refractivity contribution >= 4 is 18.4 Å². The maximum atomic E-state index is 9.87. The van der Waals surface area contributed by atoms with E-state index in [4.69, 9.17) is 16.3 Å². The highest BCUT2D eigenvalue weighted by atomic mass is 32.5. The summed E-state index contributed by atoms with van der Waals surface area (Å²) < 4.78 is 7.29. The first-order valence-corrected chi connectivity index (χ1v) is 7.52. The van der Waals surface area contributed by atoms with Gasteiger partial charge in [-0.15, -0.1) is 0 Å². The number of rotatable bonds is 5. The fourth-order valence-electron chi connectivity index (χ4n) is 1.36. The SMILES string of the molecule is CCCCOP(O)(=S)N1CCCC1. The van der Waals surface area contributed by atoms with Crippen LogP contribution in [-0.4, -0.2) is 29.3 Å². The van der Waals surface area contributed by atoms with Crippen molar-refractivity contribution in [2.45, 2.75) is 32.6 Å². The van der Waals surface area contributed by atoms with Crippen LogP contribution in [0.15, 0.2) is 0 Å². The Morgan fingerprint density at radius 1 is 1.46 bits per heavy atom. The quantitative estimate of drug-likeness (QED) is 0.571. The van der Waals surface area contributed by atoms with Crippen LogP contribution in [0.25, 0.3) is 0 Å². The predicted octanol–water partition coefficient (Wildman–Crippen LogP) is 2.12. The smallest absolute Gasteiger partial charge is 0.261 e. The number of unbranched alkanes of at least 4 members (excludes halogenated alkanes) is 1. The average Bonchev–Trinajstić information content (AvgIpc) is 2.56. The second-order valence-electron chi connectivity index (χ2n) is 3.34. The highest BCUT2D eigenvalue weighted by molar-refractivity contribution is 8.08. The number of hydrogen-bond acceptors (Lipinski definition) is 2. The van der Waals surface area contributed by atoms with Gasteiger partial charge in [0.2, 0.25) is 0 Å². The zero-order valence-corrected chi connectivity index (χ0v) is 9.82. The molecule has 1 heterocycles. The Labute approximate surface area is 85.3 Å². The van der Waals surface area contributed by atoms with E-state index in [1.165, 1.54) is 0 Å². The minimum atomic E-state index is -2.60. The third-order valence-electron chi connectivity index (χ3n) is 2.20. The fourth-order valence-corrected chi connectivity index (χ4v) is 3.39. The van der Waals surface area contributed by atoms with Gasteiger partial charge in [0.15, 0.2) is 0 Å². The normalized spacial score (nSPS) is 23.2. The minimum Gasteiger partial charge on any atom is -0.334 e. The monoisotopic (exact) mass is 223 g/mol. The zero-order chi connectivity index (χ0) is 9.73. The van der Waals surface area contributed by atoms with Crippen LogP contribution in [0.4, 0.5) is 0 Å². The van der Waals surface area contributed by atoms with E-state index in [1.807, 2.05) is 4.67 Å². The molecular weight excluding hydrogens is 205 g/mol. The van der Waals surface area contributed by atoms with Crippen molar-refractivity contribution in [3.8, 4) is 0 Å². The summed E-state index contributed by atoms with van der Waals surface area (Å²) in [5.41, 5.74) is 0. The van der Waals surface area contributed by atoms with Crippen molar-refractivity contribution in [3.05, 3.63) is 0 Å². The van der Waals surface area contributed by atoms with Gasteiger partial charge in [-0.1, -0.05) is 13.3 Å². The van der Waals surface area contributed by atoms with E-state index < -0.39 is 6.64 Å². The van der Waals surface area contributed by atoms with Gasteiger partial charge in [-0.3, -0.25) is 0 Å². The van der Waals surface area contributed by atoms with Crippen molar-refractivity contribution in [1.82, 2.24) is 4.67 Å². The summed E-state index contributed by atoms with van der Waals surface area (Å²) in [5.74, 6) is 0.